The highest BCUT2D eigenvalue weighted by atomic mass is 35.5. The van der Waals surface area contributed by atoms with Crippen LogP contribution in [0.1, 0.15) is 44.8 Å². The number of halogens is 1. The van der Waals surface area contributed by atoms with Gasteiger partial charge in [-0.25, -0.2) is 4.98 Å². The van der Waals surface area contributed by atoms with Crippen LogP contribution in [0, 0.1) is 6.92 Å². The molecule has 0 radical (unpaired) electrons. The van der Waals surface area contributed by atoms with Crippen LogP contribution in [0.2, 0.25) is 5.04 Å². The fourth-order valence-corrected chi connectivity index (χ4v) is 9.69. The van der Waals surface area contributed by atoms with Crippen molar-refractivity contribution in [2.45, 2.75) is 52.2 Å². The standard InChI is InChI=1S/C28H34ClNO2SSi/c1-21(18-24-20-33-22(2)30-24)27(17-16-23(29)19-31)32-34(28(3,4)5,25-12-8-6-9-13-25)26-14-10-7-11-15-26/h6-16,18,20,27,31H,17,19H2,1-5H3/b21-18+,23-16-/t27-/m0/s1. The van der Waals surface area contributed by atoms with Gasteiger partial charge in [-0.05, 0) is 47.3 Å². The molecule has 180 valence electrons. The SMILES string of the molecule is C/C(=C\c1csc(C)n1)[C@H](C/C=C(\Cl)CO)O[Si](c1ccccc1)(c1ccccc1)C(C)(C)C. The fraction of sp³-hybridized carbons (Fsp3) is 0.321. The van der Waals surface area contributed by atoms with Gasteiger partial charge in [0.25, 0.3) is 8.32 Å². The zero-order chi connectivity index (χ0) is 24.8. The van der Waals surface area contributed by atoms with Gasteiger partial charge in [0, 0.05) is 10.4 Å². The minimum atomic E-state index is -2.76. The van der Waals surface area contributed by atoms with Crippen LogP contribution in [0.25, 0.3) is 6.08 Å². The summed E-state index contributed by atoms with van der Waals surface area (Å²) in [6.45, 7) is 10.7. The number of rotatable bonds is 9. The molecule has 0 saturated heterocycles. The normalized spacial score (nSPS) is 14.3. The lowest BCUT2D eigenvalue weighted by Gasteiger charge is -2.45. The maximum absolute atomic E-state index is 9.49. The molecule has 1 N–H and O–H groups in total. The topological polar surface area (TPSA) is 42.4 Å². The van der Waals surface area contributed by atoms with E-state index in [4.69, 9.17) is 16.0 Å². The molecule has 1 atom stereocenters. The smallest absolute Gasteiger partial charge is 0.261 e. The Morgan fingerprint density at radius 1 is 1.09 bits per heavy atom. The molecule has 0 spiro atoms. The summed E-state index contributed by atoms with van der Waals surface area (Å²) in [5, 5.41) is 15.3. The number of aliphatic hydroxyl groups excluding tert-OH is 1. The Bertz CT molecular complexity index is 1080. The number of aryl methyl sites for hydroxylation is 1. The molecule has 3 aromatic rings. The van der Waals surface area contributed by atoms with E-state index in [-0.39, 0.29) is 17.7 Å². The highest BCUT2D eigenvalue weighted by Gasteiger charge is 2.51. The van der Waals surface area contributed by atoms with Crippen LogP contribution in [0.4, 0.5) is 0 Å². The van der Waals surface area contributed by atoms with Crippen molar-refractivity contribution in [2.75, 3.05) is 6.61 Å². The Morgan fingerprint density at radius 3 is 2.09 bits per heavy atom. The van der Waals surface area contributed by atoms with E-state index in [0.29, 0.717) is 11.5 Å². The zero-order valence-electron chi connectivity index (χ0n) is 20.6. The first kappa shape index (κ1) is 26.6. The van der Waals surface area contributed by atoms with Crippen molar-refractivity contribution in [1.29, 1.82) is 0 Å². The van der Waals surface area contributed by atoms with E-state index in [9.17, 15) is 5.11 Å². The average Bonchev–Trinajstić information content (AvgIpc) is 3.23. The summed E-state index contributed by atoms with van der Waals surface area (Å²) >= 11 is 7.85. The van der Waals surface area contributed by atoms with Crippen molar-refractivity contribution in [1.82, 2.24) is 4.98 Å². The van der Waals surface area contributed by atoms with Crippen LogP contribution in [-0.4, -0.2) is 31.1 Å². The third-order valence-electron chi connectivity index (χ3n) is 5.96. The number of aliphatic hydroxyl groups is 1. The van der Waals surface area contributed by atoms with E-state index in [1.165, 1.54) is 10.4 Å². The van der Waals surface area contributed by atoms with Gasteiger partial charge < -0.3 is 9.53 Å². The molecule has 0 aliphatic carbocycles. The number of benzene rings is 2. The minimum Gasteiger partial charge on any atom is -0.400 e. The summed E-state index contributed by atoms with van der Waals surface area (Å²) < 4.78 is 7.37. The second kappa shape index (κ2) is 11.6. The van der Waals surface area contributed by atoms with Crippen LogP contribution in [-0.2, 0) is 4.43 Å². The molecular formula is C28H34ClNO2SSi. The third kappa shape index (κ3) is 6.15. The first-order valence-electron chi connectivity index (χ1n) is 11.5. The van der Waals surface area contributed by atoms with E-state index in [1.54, 1.807) is 11.3 Å². The Hall–Kier alpha value is -2.02. The Balaban J connectivity index is 2.18. The average molecular weight is 512 g/mol. The highest BCUT2D eigenvalue weighted by molar-refractivity contribution is 7.09. The Labute approximate surface area is 213 Å². The van der Waals surface area contributed by atoms with Gasteiger partial charge in [-0.1, -0.05) is 99.1 Å². The zero-order valence-corrected chi connectivity index (χ0v) is 23.2. The predicted octanol–water partition coefficient (Wildman–Crippen LogP) is 6.31. The minimum absolute atomic E-state index is 0.143. The summed E-state index contributed by atoms with van der Waals surface area (Å²) in [7, 11) is -2.76. The van der Waals surface area contributed by atoms with E-state index in [0.717, 1.165) is 16.3 Å². The Morgan fingerprint density at radius 2 is 1.65 bits per heavy atom. The van der Waals surface area contributed by atoms with E-state index in [2.05, 4.69) is 92.7 Å². The number of hydrogen-bond donors (Lipinski definition) is 1. The van der Waals surface area contributed by atoms with Gasteiger partial charge in [0.1, 0.15) is 0 Å². The van der Waals surface area contributed by atoms with Crippen LogP contribution < -0.4 is 10.4 Å². The first-order chi connectivity index (χ1) is 16.2. The molecule has 1 aromatic heterocycles. The molecule has 0 saturated carbocycles. The molecule has 0 aliphatic heterocycles. The molecule has 0 amide bonds. The third-order valence-corrected chi connectivity index (χ3v) is 12.1. The van der Waals surface area contributed by atoms with E-state index in [1.807, 2.05) is 25.1 Å². The molecule has 34 heavy (non-hydrogen) atoms. The lowest BCUT2D eigenvalue weighted by Crippen LogP contribution is -2.67. The summed E-state index contributed by atoms with van der Waals surface area (Å²) in [5.41, 5.74) is 2.02. The van der Waals surface area contributed by atoms with Crippen LogP contribution in [0.15, 0.2) is 82.7 Å². The van der Waals surface area contributed by atoms with E-state index < -0.39 is 8.32 Å². The predicted molar refractivity (Wildman–Crippen MR) is 149 cm³/mol. The van der Waals surface area contributed by atoms with Gasteiger partial charge in [-0.15, -0.1) is 11.3 Å². The summed E-state index contributed by atoms with van der Waals surface area (Å²) in [6, 6.07) is 21.2. The molecule has 6 heteroatoms. The van der Waals surface area contributed by atoms with Gasteiger partial charge >= 0.3 is 0 Å². The maximum atomic E-state index is 9.49. The number of thiazole rings is 1. The van der Waals surface area contributed by atoms with Crippen molar-refractivity contribution in [3.05, 3.63) is 93.4 Å². The quantitative estimate of drug-likeness (QED) is 0.342. The summed E-state index contributed by atoms with van der Waals surface area (Å²) in [5.74, 6) is 0. The Kier molecular flexibility index (Phi) is 9.07. The van der Waals surface area contributed by atoms with Crippen LogP contribution in [0.5, 0.6) is 0 Å². The van der Waals surface area contributed by atoms with Crippen molar-refractivity contribution in [2.24, 2.45) is 0 Å². The van der Waals surface area contributed by atoms with Gasteiger partial charge in [0.2, 0.25) is 0 Å². The number of aromatic nitrogens is 1. The van der Waals surface area contributed by atoms with Crippen LogP contribution >= 0.6 is 22.9 Å². The fourth-order valence-electron chi connectivity index (χ4n) is 4.30. The van der Waals surface area contributed by atoms with Gasteiger partial charge in [-0.2, -0.15) is 0 Å². The molecule has 0 unspecified atom stereocenters. The van der Waals surface area contributed by atoms with Crippen LogP contribution in [0.3, 0.4) is 0 Å². The monoisotopic (exact) mass is 511 g/mol. The van der Waals surface area contributed by atoms with Gasteiger partial charge in [-0.3, -0.25) is 0 Å². The molecule has 3 rings (SSSR count). The van der Waals surface area contributed by atoms with Crippen molar-refractivity contribution in [3.63, 3.8) is 0 Å². The van der Waals surface area contributed by atoms with Gasteiger partial charge in [0.15, 0.2) is 0 Å². The van der Waals surface area contributed by atoms with Gasteiger partial charge in [0.05, 0.1) is 23.4 Å². The molecular weight excluding hydrogens is 478 g/mol. The molecule has 1 heterocycles. The van der Waals surface area contributed by atoms with Crippen molar-refractivity contribution < 1.29 is 9.53 Å². The molecule has 0 aliphatic rings. The second-order valence-corrected chi connectivity index (χ2v) is 15.3. The number of hydrogen-bond acceptors (Lipinski definition) is 4. The molecule has 3 nitrogen and oxygen atoms in total. The largest absolute Gasteiger partial charge is 0.400 e. The molecule has 2 aromatic carbocycles. The lowest BCUT2D eigenvalue weighted by atomic mass is 10.1. The second-order valence-electron chi connectivity index (χ2n) is 9.49. The first-order valence-corrected chi connectivity index (χ1v) is 14.7. The lowest BCUT2D eigenvalue weighted by molar-refractivity contribution is 0.225. The summed E-state index contributed by atoms with van der Waals surface area (Å²) in [6.07, 6.45) is 4.31. The highest BCUT2D eigenvalue weighted by Crippen LogP contribution is 2.39. The summed E-state index contributed by atoms with van der Waals surface area (Å²) in [4.78, 5) is 4.62. The van der Waals surface area contributed by atoms with Crippen molar-refractivity contribution >= 4 is 47.7 Å². The molecule has 0 bridgehead atoms. The van der Waals surface area contributed by atoms with Crippen molar-refractivity contribution in [3.8, 4) is 0 Å². The maximum Gasteiger partial charge on any atom is 0.261 e. The molecule has 0 fully saturated rings. The number of nitrogens with zero attached hydrogens (tertiary/aromatic N) is 1. The van der Waals surface area contributed by atoms with E-state index >= 15 is 0 Å².